The zero-order chi connectivity index (χ0) is 17.5. The van der Waals surface area contributed by atoms with E-state index in [-0.39, 0.29) is 6.54 Å². The van der Waals surface area contributed by atoms with Crippen LogP contribution in [0.25, 0.3) is 0 Å². The molecule has 1 unspecified atom stereocenters. The van der Waals surface area contributed by atoms with Crippen LogP contribution in [0, 0.1) is 6.92 Å². The van der Waals surface area contributed by atoms with Crippen LogP contribution >= 0.6 is 0 Å². The van der Waals surface area contributed by atoms with Crippen molar-refractivity contribution in [3.8, 4) is 0 Å². The summed E-state index contributed by atoms with van der Waals surface area (Å²) in [5.74, 6) is -1.53. The highest BCUT2D eigenvalue weighted by atomic mass is 16.3. The van der Waals surface area contributed by atoms with Crippen molar-refractivity contribution in [1.29, 1.82) is 0 Å². The van der Waals surface area contributed by atoms with Crippen molar-refractivity contribution in [2.45, 2.75) is 26.4 Å². The van der Waals surface area contributed by atoms with Gasteiger partial charge in [-0.25, -0.2) is 0 Å². The van der Waals surface area contributed by atoms with Crippen LogP contribution in [0.1, 0.15) is 29.7 Å². The first-order chi connectivity index (χ1) is 11.5. The van der Waals surface area contributed by atoms with Crippen LogP contribution in [0.5, 0.6) is 0 Å². The minimum absolute atomic E-state index is 0.0219. The standard InChI is InChI=1S/C19H22N2O3/c1-3-14-8-10-15(11-9-14)21-19(24)18(23)20-12-17(22)16-7-5-4-6-13(16)2/h4-11,17,22H,3,12H2,1-2H3,(H,20,23)(H,21,24). The highest BCUT2D eigenvalue weighted by molar-refractivity contribution is 6.39. The Bertz CT molecular complexity index is 711. The average molecular weight is 326 g/mol. The quantitative estimate of drug-likeness (QED) is 0.738. The number of aliphatic hydroxyl groups is 1. The Morgan fingerprint density at radius 1 is 1.04 bits per heavy atom. The molecule has 0 aromatic heterocycles. The molecular formula is C19H22N2O3. The van der Waals surface area contributed by atoms with E-state index in [1.54, 1.807) is 18.2 Å². The molecule has 3 N–H and O–H groups in total. The van der Waals surface area contributed by atoms with Crippen LogP contribution in [-0.4, -0.2) is 23.5 Å². The van der Waals surface area contributed by atoms with E-state index in [0.717, 1.165) is 23.1 Å². The molecule has 1 atom stereocenters. The molecule has 126 valence electrons. The molecule has 0 aliphatic heterocycles. The van der Waals surface area contributed by atoms with E-state index in [2.05, 4.69) is 10.6 Å². The van der Waals surface area contributed by atoms with Gasteiger partial charge in [-0.1, -0.05) is 43.3 Å². The van der Waals surface area contributed by atoms with Gasteiger partial charge in [-0.05, 0) is 42.2 Å². The fourth-order valence-electron chi connectivity index (χ4n) is 2.35. The third-order valence-electron chi connectivity index (χ3n) is 3.83. The number of nitrogens with one attached hydrogen (secondary N) is 2. The molecule has 0 heterocycles. The molecule has 0 bridgehead atoms. The summed E-state index contributed by atoms with van der Waals surface area (Å²) < 4.78 is 0. The molecule has 2 aromatic rings. The van der Waals surface area contributed by atoms with Crippen molar-refractivity contribution < 1.29 is 14.7 Å². The number of hydrogen-bond acceptors (Lipinski definition) is 3. The molecular weight excluding hydrogens is 304 g/mol. The fraction of sp³-hybridized carbons (Fsp3) is 0.263. The molecule has 24 heavy (non-hydrogen) atoms. The Morgan fingerprint density at radius 2 is 1.71 bits per heavy atom. The lowest BCUT2D eigenvalue weighted by atomic mass is 10.0. The Labute approximate surface area is 141 Å². The first kappa shape index (κ1) is 17.7. The largest absolute Gasteiger partial charge is 0.387 e. The first-order valence-electron chi connectivity index (χ1n) is 7.93. The van der Waals surface area contributed by atoms with Gasteiger partial charge >= 0.3 is 11.8 Å². The molecule has 0 aliphatic carbocycles. The lowest BCUT2D eigenvalue weighted by Gasteiger charge is -2.14. The maximum Gasteiger partial charge on any atom is 0.313 e. The number of aryl methyl sites for hydroxylation is 2. The monoisotopic (exact) mass is 326 g/mol. The minimum atomic E-state index is -0.855. The zero-order valence-electron chi connectivity index (χ0n) is 13.9. The van der Waals surface area contributed by atoms with E-state index in [1.165, 1.54) is 0 Å². The molecule has 2 rings (SSSR count). The Morgan fingerprint density at radius 3 is 2.33 bits per heavy atom. The molecule has 0 radical (unpaired) electrons. The number of carbonyl (C=O) groups is 2. The van der Waals surface area contributed by atoms with Gasteiger partial charge in [0, 0.05) is 12.2 Å². The van der Waals surface area contributed by atoms with Gasteiger partial charge in [0.1, 0.15) is 0 Å². The van der Waals surface area contributed by atoms with Gasteiger partial charge in [0.2, 0.25) is 0 Å². The predicted octanol–water partition coefficient (Wildman–Crippen LogP) is 2.35. The Balaban J connectivity index is 1.87. The topological polar surface area (TPSA) is 78.4 Å². The highest BCUT2D eigenvalue weighted by Gasteiger charge is 2.16. The number of benzene rings is 2. The summed E-state index contributed by atoms with van der Waals surface area (Å²) in [7, 11) is 0. The van der Waals surface area contributed by atoms with Crippen LogP contribution in [0.3, 0.4) is 0 Å². The van der Waals surface area contributed by atoms with Gasteiger partial charge in [0.15, 0.2) is 0 Å². The van der Waals surface area contributed by atoms with E-state index in [0.29, 0.717) is 5.69 Å². The van der Waals surface area contributed by atoms with Gasteiger partial charge < -0.3 is 15.7 Å². The van der Waals surface area contributed by atoms with Crippen LogP contribution in [0.15, 0.2) is 48.5 Å². The number of anilines is 1. The van der Waals surface area contributed by atoms with Gasteiger partial charge in [-0.2, -0.15) is 0 Å². The average Bonchev–Trinajstić information content (AvgIpc) is 2.60. The van der Waals surface area contributed by atoms with E-state index in [9.17, 15) is 14.7 Å². The molecule has 0 fully saturated rings. The Hall–Kier alpha value is -2.66. The van der Waals surface area contributed by atoms with Crippen LogP contribution in [0.2, 0.25) is 0 Å². The fourth-order valence-corrected chi connectivity index (χ4v) is 2.35. The van der Waals surface area contributed by atoms with Gasteiger partial charge in [0.05, 0.1) is 6.10 Å². The molecule has 0 spiro atoms. The molecule has 0 saturated heterocycles. The first-order valence-corrected chi connectivity index (χ1v) is 7.93. The second-order valence-corrected chi connectivity index (χ2v) is 5.59. The SMILES string of the molecule is CCc1ccc(NC(=O)C(=O)NCC(O)c2ccccc2C)cc1. The Kier molecular flexibility index (Phi) is 6.09. The third-order valence-corrected chi connectivity index (χ3v) is 3.83. The lowest BCUT2D eigenvalue weighted by molar-refractivity contribution is -0.136. The van der Waals surface area contributed by atoms with E-state index < -0.39 is 17.9 Å². The van der Waals surface area contributed by atoms with Gasteiger partial charge in [-0.15, -0.1) is 0 Å². The molecule has 2 aromatic carbocycles. The zero-order valence-corrected chi connectivity index (χ0v) is 13.9. The summed E-state index contributed by atoms with van der Waals surface area (Å²) >= 11 is 0. The summed E-state index contributed by atoms with van der Waals surface area (Å²) in [6.07, 6.45) is 0.0534. The lowest BCUT2D eigenvalue weighted by Crippen LogP contribution is -2.37. The maximum atomic E-state index is 11.9. The number of amides is 2. The van der Waals surface area contributed by atoms with Crippen molar-refractivity contribution in [1.82, 2.24) is 5.32 Å². The van der Waals surface area contributed by atoms with E-state index in [4.69, 9.17) is 0 Å². The van der Waals surface area contributed by atoms with Crippen molar-refractivity contribution in [3.63, 3.8) is 0 Å². The summed E-state index contributed by atoms with van der Waals surface area (Å²) in [5, 5.41) is 15.1. The van der Waals surface area contributed by atoms with Crippen LogP contribution in [0.4, 0.5) is 5.69 Å². The van der Waals surface area contributed by atoms with Gasteiger partial charge in [-0.3, -0.25) is 9.59 Å². The summed E-state index contributed by atoms with van der Waals surface area (Å²) in [6, 6.07) is 14.7. The van der Waals surface area contributed by atoms with Crippen molar-refractivity contribution in [3.05, 3.63) is 65.2 Å². The number of carbonyl (C=O) groups excluding carboxylic acids is 2. The normalized spacial score (nSPS) is 11.6. The molecule has 0 saturated carbocycles. The molecule has 5 heteroatoms. The minimum Gasteiger partial charge on any atom is -0.387 e. The predicted molar refractivity (Wildman–Crippen MR) is 93.6 cm³/mol. The maximum absolute atomic E-state index is 11.9. The highest BCUT2D eigenvalue weighted by Crippen LogP contribution is 2.16. The number of hydrogen-bond donors (Lipinski definition) is 3. The van der Waals surface area contributed by atoms with Crippen LogP contribution in [-0.2, 0) is 16.0 Å². The smallest absolute Gasteiger partial charge is 0.313 e. The van der Waals surface area contributed by atoms with Crippen molar-refractivity contribution >= 4 is 17.5 Å². The second-order valence-electron chi connectivity index (χ2n) is 5.59. The van der Waals surface area contributed by atoms with Crippen molar-refractivity contribution in [2.24, 2.45) is 0 Å². The molecule has 0 aliphatic rings. The molecule has 2 amide bonds. The van der Waals surface area contributed by atoms with Crippen LogP contribution < -0.4 is 10.6 Å². The summed E-state index contributed by atoms with van der Waals surface area (Å²) in [5.41, 5.74) is 3.37. The van der Waals surface area contributed by atoms with E-state index >= 15 is 0 Å². The number of rotatable bonds is 5. The number of aliphatic hydroxyl groups excluding tert-OH is 1. The molecule has 5 nitrogen and oxygen atoms in total. The summed E-state index contributed by atoms with van der Waals surface area (Å²) in [6.45, 7) is 3.90. The van der Waals surface area contributed by atoms with E-state index in [1.807, 2.05) is 44.2 Å². The summed E-state index contributed by atoms with van der Waals surface area (Å²) in [4.78, 5) is 23.7. The van der Waals surface area contributed by atoms with Gasteiger partial charge in [0.25, 0.3) is 0 Å². The van der Waals surface area contributed by atoms with Crippen molar-refractivity contribution in [2.75, 3.05) is 11.9 Å². The third kappa shape index (κ3) is 4.67. The second kappa shape index (κ2) is 8.26.